The lowest BCUT2D eigenvalue weighted by Crippen LogP contribution is -2.37. The largest absolute Gasteiger partial charge is 0.449 e. The van der Waals surface area contributed by atoms with Crippen LogP contribution in [0.1, 0.15) is 30.1 Å². The number of amides is 1. The van der Waals surface area contributed by atoms with E-state index in [4.69, 9.17) is 4.74 Å². The first-order chi connectivity index (χ1) is 13.8. The molecule has 0 N–H and O–H groups in total. The van der Waals surface area contributed by atoms with E-state index in [2.05, 4.69) is 0 Å². The average molecular weight is 416 g/mol. The first-order valence-corrected chi connectivity index (χ1v) is 10.9. The molecule has 1 aliphatic rings. The van der Waals surface area contributed by atoms with Crippen molar-refractivity contribution in [1.29, 1.82) is 0 Å². The highest BCUT2D eigenvalue weighted by Gasteiger charge is 2.28. The number of benzene rings is 2. The van der Waals surface area contributed by atoms with Gasteiger partial charge in [0.2, 0.25) is 10.0 Å². The van der Waals surface area contributed by atoms with Crippen molar-refractivity contribution in [2.45, 2.75) is 30.8 Å². The third kappa shape index (κ3) is 4.65. The number of likely N-dealkylation sites (N-methyl/N-ethyl adjacent to an activating group) is 1. The van der Waals surface area contributed by atoms with E-state index in [1.54, 1.807) is 19.2 Å². The van der Waals surface area contributed by atoms with E-state index < -0.39 is 22.1 Å². The van der Waals surface area contributed by atoms with Crippen molar-refractivity contribution in [3.63, 3.8) is 0 Å². The lowest BCUT2D eigenvalue weighted by molar-refractivity contribution is -0.126. The number of esters is 1. The number of carbonyl (C=O) groups excluding carboxylic acids is 2. The van der Waals surface area contributed by atoms with E-state index >= 15 is 0 Å². The minimum Gasteiger partial charge on any atom is -0.449 e. The SMILES string of the molecule is C[C@@H](OC(=O)c1ccc(S(=O)(=O)N2CCCC2)cc1)C(=O)N(C)c1ccccc1. The van der Waals surface area contributed by atoms with Crippen LogP contribution < -0.4 is 4.90 Å². The van der Waals surface area contributed by atoms with Gasteiger partial charge in [-0.15, -0.1) is 0 Å². The van der Waals surface area contributed by atoms with Gasteiger partial charge in [-0.3, -0.25) is 4.79 Å². The summed E-state index contributed by atoms with van der Waals surface area (Å²) in [5, 5.41) is 0. The topological polar surface area (TPSA) is 84.0 Å². The Morgan fingerprint density at radius 3 is 2.17 bits per heavy atom. The molecule has 1 fully saturated rings. The molecule has 1 atom stereocenters. The summed E-state index contributed by atoms with van der Waals surface area (Å²) in [7, 11) is -1.93. The molecule has 1 aliphatic heterocycles. The second kappa shape index (κ2) is 8.75. The second-order valence-corrected chi connectivity index (χ2v) is 8.85. The van der Waals surface area contributed by atoms with Gasteiger partial charge in [0, 0.05) is 25.8 Å². The molecule has 0 unspecified atom stereocenters. The van der Waals surface area contributed by atoms with Crippen LogP contribution in [-0.2, 0) is 19.6 Å². The molecule has 0 aromatic heterocycles. The van der Waals surface area contributed by atoms with Crippen molar-refractivity contribution < 1.29 is 22.7 Å². The number of hydrogen-bond donors (Lipinski definition) is 0. The lowest BCUT2D eigenvalue weighted by atomic mass is 10.2. The molecule has 2 aromatic rings. The van der Waals surface area contributed by atoms with Gasteiger partial charge >= 0.3 is 5.97 Å². The predicted octanol–water partition coefficient (Wildman–Crippen LogP) is 2.68. The fraction of sp³-hybridized carbons (Fsp3) is 0.333. The zero-order chi connectivity index (χ0) is 21.0. The van der Waals surface area contributed by atoms with Gasteiger partial charge in [0.15, 0.2) is 6.10 Å². The molecular weight excluding hydrogens is 392 g/mol. The molecule has 1 heterocycles. The maximum Gasteiger partial charge on any atom is 0.338 e. The van der Waals surface area contributed by atoms with Crippen molar-refractivity contribution >= 4 is 27.6 Å². The van der Waals surface area contributed by atoms with Crippen LogP contribution in [0.15, 0.2) is 59.5 Å². The zero-order valence-electron chi connectivity index (χ0n) is 16.4. The monoisotopic (exact) mass is 416 g/mol. The van der Waals surface area contributed by atoms with Crippen LogP contribution in [0.25, 0.3) is 0 Å². The summed E-state index contributed by atoms with van der Waals surface area (Å²) in [6.45, 7) is 2.53. The van der Waals surface area contributed by atoms with E-state index in [-0.39, 0.29) is 16.4 Å². The van der Waals surface area contributed by atoms with Crippen molar-refractivity contribution in [3.8, 4) is 0 Å². The molecule has 0 saturated carbocycles. The number of hydrogen-bond acceptors (Lipinski definition) is 5. The van der Waals surface area contributed by atoms with E-state index in [9.17, 15) is 18.0 Å². The molecule has 154 valence electrons. The van der Waals surface area contributed by atoms with Crippen LogP contribution in [0.5, 0.6) is 0 Å². The third-order valence-corrected chi connectivity index (χ3v) is 6.81. The summed E-state index contributed by atoms with van der Waals surface area (Å²) in [6, 6.07) is 14.6. The summed E-state index contributed by atoms with van der Waals surface area (Å²) < 4.78 is 31.8. The Morgan fingerprint density at radius 2 is 1.59 bits per heavy atom. The number of para-hydroxylation sites is 1. The summed E-state index contributed by atoms with van der Waals surface area (Å²) >= 11 is 0. The minimum absolute atomic E-state index is 0.142. The van der Waals surface area contributed by atoms with Crippen LogP contribution >= 0.6 is 0 Å². The maximum absolute atomic E-state index is 12.6. The zero-order valence-corrected chi connectivity index (χ0v) is 17.3. The van der Waals surface area contributed by atoms with Crippen LogP contribution in [-0.4, -0.2) is 50.8 Å². The van der Waals surface area contributed by atoms with E-state index in [0.717, 1.165) is 12.8 Å². The molecule has 0 bridgehead atoms. The Bertz CT molecular complexity index is 968. The standard InChI is InChI=1S/C21H24N2O5S/c1-16(20(24)22(2)18-8-4-3-5-9-18)28-21(25)17-10-12-19(13-11-17)29(26,27)23-14-6-7-15-23/h3-5,8-13,16H,6-7,14-15H2,1-2H3/t16-/m1/s1. The van der Waals surface area contributed by atoms with E-state index in [1.165, 1.54) is 40.4 Å². The Kier molecular flexibility index (Phi) is 6.34. The fourth-order valence-corrected chi connectivity index (χ4v) is 4.69. The van der Waals surface area contributed by atoms with Crippen LogP contribution in [0.4, 0.5) is 5.69 Å². The number of rotatable bonds is 6. The van der Waals surface area contributed by atoms with Crippen LogP contribution in [0.3, 0.4) is 0 Å². The van der Waals surface area contributed by atoms with Gasteiger partial charge in [-0.25, -0.2) is 13.2 Å². The second-order valence-electron chi connectivity index (χ2n) is 6.92. The molecule has 0 radical (unpaired) electrons. The number of anilines is 1. The minimum atomic E-state index is -3.54. The highest BCUT2D eigenvalue weighted by atomic mass is 32.2. The predicted molar refractivity (Wildman–Crippen MR) is 109 cm³/mol. The Hall–Kier alpha value is -2.71. The van der Waals surface area contributed by atoms with Crippen molar-refractivity contribution in [2.24, 2.45) is 0 Å². The molecule has 3 rings (SSSR count). The van der Waals surface area contributed by atoms with Gasteiger partial charge in [0.05, 0.1) is 10.5 Å². The molecule has 7 nitrogen and oxygen atoms in total. The molecular formula is C21H24N2O5S. The van der Waals surface area contributed by atoms with Gasteiger partial charge in [0.25, 0.3) is 5.91 Å². The summed E-state index contributed by atoms with van der Waals surface area (Å²) in [5.74, 6) is -1.05. The van der Waals surface area contributed by atoms with Crippen molar-refractivity contribution in [2.75, 3.05) is 25.0 Å². The van der Waals surface area contributed by atoms with Crippen LogP contribution in [0.2, 0.25) is 0 Å². The molecule has 0 spiro atoms. The number of sulfonamides is 1. The fourth-order valence-electron chi connectivity index (χ4n) is 3.17. The van der Waals surface area contributed by atoms with Gasteiger partial charge in [-0.05, 0) is 56.2 Å². The van der Waals surface area contributed by atoms with Gasteiger partial charge in [-0.2, -0.15) is 4.31 Å². The first-order valence-electron chi connectivity index (χ1n) is 9.44. The molecule has 8 heteroatoms. The molecule has 0 aliphatic carbocycles. The van der Waals surface area contributed by atoms with E-state index in [0.29, 0.717) is 18.8 Å². The molecule has 2 aromatic carbocycles. The first kappa shape index (κ1) is 21.0. The molecule has 1 saturated heterocycles. The summed E-state index contributed by atoms with van der Waals surface area (Å²) in [6.07, 6.45) is 0.723. The normalized spacial score (nSPS) is 15.7. The number of carbonyl (C=O) groups is 2. The average Bonchev–Trinajstić information content (AvgIpc) is 3.29. The van der Waals surface area contributed by atoms with Crippen molar-refractivity contribution in [1.82, 2.24) is 4.31 Å². The summed E-state index contributed by atoms with van der Waals surface area (Å²) in [5.41, 5.74) is 0.879. The van der Waals surface area contributed by atoms with Crippen molar-refractivity contribution in [3.05, 3.63) is 60.2 Å². The lowest BCUT2D eigenvalue weighted by Gasteiger charge is -2.21. The number of ether oxygens (including phenoxy) is 1. The van der Waals surface area contributed by atoms with Gasteiger partial charge in [0.1, 0.15) is 0 Å². The molecule has 29 heavy (non-hydrogen) atoms. The van der Waals surface area contributed by atoms with E-state index in [1.807, 2.05) is 18.2 Å². The van der Waals surface area contributed by atoms with Gasteiger partial charge < -0.3 is 9.64 Å². The van der Waals surface area contributed by atoms with Crippen LogP contribution in [0, 0.1) is 0 Å². The maximum atomic E-state index is 12.6. The smallest absolute Gasteiger partial charge is 0.338 e. The third-order valence-electron chi connectivity index (χ3n) is 4.90. The number of nitrogens with zero attached hydrogens (tertiary/aromatic N) is 2. The Morgan fingerprint density at radius 1 is 1.00 bits per heavy atom. The highest BCUT2D eigenvalue weighted by Crippen LogP contribution is 2.21. The quantitative estimate of drug-likeness (QED) is 0.676. The summed E-state index contributed by atoms with van der Waals surface area (Å²) in [4.78, 5) is 26.5. The van der Waals surface area contributed by atoms with Gasteiger partial charge in [-0.1, -0.05) is 18.2 Å². The highest BCUT2D eigenvalue weighted by molar-refractivity contribution is 7.89. The molecule has 1 amide bonds. The Balaban J connectivity index is 1.65. The Labute approximate surface area is 170 Å².